The van der Waals surface area contributed by atoms with Gasteiger partial charge in [0, 0.05) is 18.0 Å². The van der Waals surface area contributed by atoms with Crippen molar-refractivity contribution in [2.45, 2.75) is 44.9 Å². The fourth-order valence-corrected chi connectivity index (χ4v) is 6.38. The van der Waals surface area contributed by atoms with Crippen LogP contribution >= 0.6 is 18.7 Å². The van der Waals surface area contributed by atoms with Crippen molar-refractivity contribution in [3.8, 4) is 5.75 Å². The Balaban J connectivity index is 1.55. The van der Waals surface area contributed by atoms with E-state index in [1.165, 1.54) is 13.3 Å². The van der Waals surface area contributed by atoms with E-state index in [4.69, 9.17) is 16.3 Å². The fraction of sp³-hybridized carbons (Fsp3) is 0.357. The quantitative estimate of drug-likeness (QED) is 0.227. The predicted octanol–water partition coefficient (Wildman–Crippen LogP) is 7.13. The van der Waals surface area contributed by atoms with Crippen molar-refractivity contribution in [1.82, 2.24) is 19.9 Å². The zero-order valence-electron chi connectivity index (χ0n) is 22.8. The summed E-state index contributed by atoms with van der Waals surface area (Å²) in [6.07, 6.45) is 6.66. The Morgan fingerprint density at radius 1 is 1.08 bits per heavy atom. The first-order valence-corrected chi connectivity index (χ1v) is 15.6. The minimum absolute atomic E-state index is 0.102. The molecule has 2 heterocycles. The van der Waals surface area contributed by atoms with Crippen LogP contribution in [0.2, 0.25) is 5.02 Å². The molecule has 4 aromatic rings. The van der Waals surface area contributed by atoms with Gasteiger partial charge in [-0.3, -0.25) is 9.97 Å². The number of halogens is 2. The Hall–Kier alpha value is -3.29. The number of benzene rings is 2. The lowest BCUT2D eigenvalue weighted by Gasteiger charge is -2.26. The summed E-state index contributed by atoms with van der Waals surface area (Å²) in [7, 11) is -1.34. The first kappa shape index (κ1) is 27.3. The second-order valence-electron chi connectivity index (χ2n) is 11.1. The first-order chi connectivity index (χ1) is 18.4. The summed E-state index contributed by atoms with van der Waals surface area (Å²) in [5.74, 6) is 0.527. The smallest absolute Gasteiger partial charge is 0.229 e. The molecule has 0 atom stereocenters. The van der Waals surface area contributed by atoms with Crippen molar-refractivity contribution in [3.63, 3.8) is 0 Å². The van der Waals surface area contributed by atoms with Crippen LogP contribution in [-0.2, 0) is 9.98 Å². The minimum atomic E-state index is -2.79. The summed E-state index contributed by atoms with van der Waals surface area (Å²) in [5.41, 5.74) is 3.43. The number of ether oxygens (including phenoxy) is 1. The van der Waals surface area contributed by atoms with Gasteiger partial charge < -0.3 is 19.9 Å². The van der Waals surface area contributed by atoms with Gasteiger partial charge >= 0.3 is 0 Å². The van der Waals surface area contributed by atoms with Gasteiger partial charge in [0.1, 0.15) is 17.7 Å². The van der Waals surface area contributed by atoms with Gasteiger partial charge in [-0.25, -0.2) is 9.37 Å². The molecule has 0 unspecified atom stereocenters. The molecule has 5 rings (SSSR count). The highest BCUT2D eigenvalue weighted by Crippen LogP contribution is 2.49. The van der Waals surface area contributed by atoms with Gasteiger partial charge in [-0.2, -0.15) is 4.98 Å². The first-order valence-electron chi connectivity index (χ1n) is 12.6. The Labute approximate surface area is 232 Å². The van der Waals surface area contributed by atoms with E-state index in [-0.39, 0.29) is 28.0 Å². The van der Waals surface area contributed by atoms with Crippen LogP contribution in [0.5, 0.6) is 5.75 Å². The molecule has 1 aliphatic carbocycles. The topological polar surface area (TPSA) is 102 Å². The highest BCUT2D eigenvalue weighted by atomic mass is 35.5. The van der Waals surface area contributed by atoms with E-state index < -0.39 is 7.14 Å². The lowest BCUT2D eigenvalue weighted by Crippen LogP contribution is -2.18. The Morgan fingerprint density at radius 2 is 1.79 bits per heavy atom. The van der Waals surface area contributed by atoms with Gasteiger partial charge in [-0.05, 0) is 61.3 Å². The minimum Gasteiger partial charge on any atom is -0.492 e. The third kappa shape index (κ3) is 5.43. The van der Waals surface area contributed by atoms with Crippen LogP contribution in [0.25, 0.3) is 11.0 Å². The third-order valence-electron chi connectivity index (χ3n) is 6.62. The summed E-state index contributed by atoms with van der Waals surface area (Å²) in [6, 6.07) is 5.51. The van der Waals surface area contributed by atoms with E-state index in [0.717, 1.165) is 18.4 Å². The number of aromatic nitrogens is 4. The molecule has 0 radical (unpaired) electrons. The number of hydrogen-bond donors (Lipinski definition) is 2. The molecule has 2 aromatic heterocycles. The summed E-state index contributed by atoms with van der Waals surface area (Å²) in [6.45, 7) is 9.36. The third-order valence-corrected chi connectivity index (χ3v) is 8.43. The molecule has 0 bridgehead atoms. The highest BCUT2D eigenvalue weighted by molar-refractivity contribution is 7.71. The lowest BCUT2D eigenvalue weighted by molar-refractivity contribution is 0.379. The Kier molecular flexibility index (Phi) is 7.02. The SMILES string of the molecule is COc1c(Nc2ncc(Cl)c(Nc3ccc4nccnc4c3P(C)(C)=O)n2)cc(C2CC2)c(C(C)(C)C)c1F. The number of anilines is 4. The van der Waals surface area contributed by atoms with Crippen LogP contribution in [0, 0.1) is 5.82 Å². The molecule has 1 saturated carbocycles. The molecule has 2 N–H and O–H groups in total. The standard InChI is InChI=1S/C28H31ClFN6O2P/c1-28(2,3)21-16(15-7-8-15)13-20(24(38-4)22(21)30)35-27-33-14-17(29)26(36-27)34-19-10-9-18-23(32-12-11-31-18)25(19)39(5,6)37/h9-15H,7-8H2,1-6H3,(H2,33,34,35,36). The zero-order valence-corrected chi connectivity index (χ0v) is 24.4. The van der Waals surface area contributed by atoms with Crippen LogP contribution in [0.3, 0.4) is 0 Å². The summed E-state index contributed by atoms with van der Waals surface area (Å²) < 4.78 is 34.6. The van der Waals surface area contributed by atoms with E-state index in [2.05, 4.69) is 30.6 Å². The van der Waals surface area contributed by atoms with E-state index in [1.807, 2.05) is 26.8 Å². The van der Waals surface area contributed by atoms with Crippen molar-refractivity contribution in [2.75, 3.05) is 31.1 Å². The number of nitrogens with zero attached hydrogens (tertiary/aromatic N) is 4. The number of hydrogen-bond acceptors (Lipinski definition) is 8. The second-order valence-corrected chi connectivity index (χ2v) is 14.7. The maximum atomic E-state index is 15.8. The van der Waals surface area contributed by atoms with Crippen molar-refractivity contribution in [3.05, 3.63) is 58.8 Å². The molecule has 0 aliphatic heterocycles. The summed E-state index contributed by atoms with van der Waals surface area (Å²) >= 11 is 6.47. The van der Waals surface area contributed by atoms with Crippen molar-refractivity contribution >= 4 is 58.2 Å². The zero-order chi connectivity index (χ0) is 28.1. The van der Waals surface area contributed by atoms with E-state index in [9.17, 15) is 4.57 Å². The molecule has 11 heteroatoms. The summed E-state index contributed by atoms with van der Waals surface area (Å²) in [5, 5.41) is 7.14. The molecule has 0 spiro atoms. The average Bonchev–Trinajstić information content (AvgIpc) is 3.70. The molecule has 39 heavy (non-hydrogen) atoms. The van der Waals surface area contributed by atoms with Gasteiger partial charge in [0.15, 0.2) is 17.4 Å². The fourth-order valence-electron chi connectivity index (χ4n) is 4.85. The lowest BCUT2D eigenvalue weighted by atomic mass is 9.81. The molecule has 2 aromatic carbocycles. The van der Waals surface area contributed by atoms with Gasteiger partial charge in [-0.1, -0.05) is 32.4 Å². The largest absolute Gasteiger partial charge is 0.492 e. The van der Waals surface area contributed by atoms with Gasteiger partial charge in [-0.15, -0.1) is 0 Å². The highest BCUT2D eigenvalue weighted by Gasteiger charge is 2.35. The van der Waals surface area contributed by atoms with E-state index in [0.29, 0.717) is 45.0 Å². The Bertz CT molecular complexity index is 1630. The van der Waals surface area contributed by atoms with E-state index in [1.54, 1.807) is 37.9 Å². The van der Waals surface area contributed by atoms with Crippen LogP contribution in [-0.4, -0.2) is 40.4 Å². The molecule has 0 saturated heterocycles. The summed E-state index contributed by atoms with van der Waals surface area (Å²) in [4.78, 5) is 17.6. The molecule has 204 valence electrons. The Morgan fingerprint density at radius 3 is 2.44 bits per heavy atom. The van der Waals surface area contributed by atoms with Crippen LogP contribution in [0.15, 0.2) is 36.8 Å². The number of nitrogens with one attached hydrogen (secondary N) is 2. The molecule has 0 amide bonds. The molecule has 8 nitrogen and oxygen atoms in total. The average molecular weight is 569 g/mol. The molecule has 1 fully saturated rings. The van der Waals surface area contributed by atoms with Crippen molar-refractivity contribution in [2.24, 2.45) is 0 Å². The second kappa shape index (κ2) is 10.0. The maximum Gasteiger partial charge on any atom is 0.229 e. The number of methoxy groups -OCH3 is 1. The molecule has 1 aliphatic rings. The van der Waals surface area contributed by atoms with Crippen LogP contribution in [0.4, 0.5) is 27.5 Å². The number of rotatable bonds is 7. The van der Waals surface area contributed by atoms with Crippen molar-refractivity contribution < 1.29 is 13.7 Å². The van der Waals surface area contributed by atoms with Gasteiger partial charge in [0.25, 0.3) is 0 Å². The normalized spacial score (nSPS) is 13.9. The number of fused-ring (bicyclic) bond motifs is 1. The van der Waals surface area contributed by atoms with Crippen LogP contribution < -0.4 is 20.7 Å². The molecular formula is C28H31ClFN6O2P. The van der Waals surface area contributed by atoms with Gasteiger partial charge in [0.2, 0.25) is 5.95 Å². The predicted molar refractivity (Wildman–Crippen MR) is 156 cm³/mol. The maximum absolute atomic E-state index is 15.8. The van der Waals surface area contributed by atoms with Crippen molar-refractivity contribution in [1.29, 1.82) is 0 Å². The van der Waals surface area contributed by atoms with Gasteiger partial charge in [0.05, 0.1) is 35.5 Å². The van der Waals surface area contributed by atoms with E-state index >= 15 is 4.39 Å². The monoisotopic (exact) mass is 568 g/mol. The molecular weight excluding hydrogens is 538 g/mol. The van der Waals surface area contributed by atoms with Crippen LogP contribution in [0.1, 0.15) is 50.7 Å².